The summed E-state index contributed by atoms with van der Waals surface area (Å²) >= 11 is 5.91. The van der Waals surface area contributed by atoms with Crippen molar-refractivity contribution >= 4 is 29.4 Å². The zero-order valence-electron chi connectivity index (χ0n) is 16.5. The lowest BCUT2D eigenvalue weighted by molar-refractivity contribution is -0.156. The standard InChI is InChI=1S/C21H23ClN2O5/c1-12(2)19(21(27)28)24-18(25)10-16(20(24)26)23(3)11-15-8-9-17(29-15)13-4-6-14(22)7-5-13/h4-9,12,16,19H,10-11H2,1-3H3,(H,27,28). The first kappa shape index (κ1) is 21.1. The zero-order chi connectivity index (χ0) is 21.3. The normalized spacial score (nSPS) is 18.1. The average molecular weight is 419 g/mol. The van der Waals surface area contributed by atoms with Gasteiger partial charge in [-0.2, -0.15) is 0 Å². The van der Waals surface area contributed by atoms with E-state index >= 15 is 0 Å². The van der Waals surface area contributed by atoms with Gasteiger partial charge in [-0.3, -0.25) is 19.4 Å². The molecule has 1 N–H and O–H groups in total. The van der Waals surface area contributed by atoms with Crippen LogP contribution >= 0.6 is 11.6 Å². The highest BCUT2D eigenvalue weighted by molar-refractivity contribution is 6.30. The molecule has 0 bridgehead atoms. The molecule has 7 nitrogen and oxygen atoms in total. The molecule has 1 aliphatic heterocycles. The van der Waals surface area contributed by atoms with Crippen LogP contribution in [0.25, 0.3) is 11.3 Å². The Hall–Kier alpha value is -2.64. The van der Waals surface area contributed by atoms with Crippen molar-refractivity contribution < 1.29 is 23.9 Å². The van der Waals surface area contributed by atoms with Crippen LogP contribution in [0.5, 0.6) is 0 Å². The van der Waals surface area contributed by atoms with E-state index in [1.54, 1.807) is 37.9 Å². The molecule has 1 saturated heterocycles. The second-order valence-corrected chi connectivity index (χ2v) is 7.97. The number of carboxylic acids is 1. The number of hydrogen-bond donors (Lipinski definition) is 1. The maximum atomic E-state index is 12.8. The molecule has 2 atom stereocenters. The number of imide groups is 1. The first-order valence-corrected chi connectivity index (χ1v) is 9.70. The van der Waals surface area contributed by atoms with Gasteiger partial charge in [0.2, 0.25) is 11.8 Å². The number of likely N-dealkylation sites (N-methyl/N-ethyl adjacent to an activating group) is 1. The van der Waals surface area contributed by atoms with Crippen LogP contribution in [0.1, 0.15) is 26.0 Å². The fourth-order valence-corrected chi connectivity index (χ4v) is 3.68. The van der Waals surface area contributed by atoms with Crippen molar-refractivity contribution in [1.29, 1.82) is 0 Å². The van der Waals surface area contributed by atoms with Crippen LogP contribution in [0.15, 0.2) is 40.8 Å². The van der Waals surface area contributed by atoms with E-state index in [2.05, 4.69) is 0 Å². The quantitative estimate of drug-likeness (QED) is 0.694. The van der Waals surface area contributed by atoms with Gasteiger partial charge >= 0.3 is 5.97 Å². The van der Waals surface area contributed by atoms with Crippen LogP contribution in [0.4, 0.5) is 0 Å². The van der Waals surface area contributed by atoms with Crippen LogP contribution in [-0.2, 0) is 20.9 Å². The Labute approximate surface area is 173 Å². The SMILES string of the molecule is CC(C)C(C(=O)O)N1C(=O)CC(N(C)Cc2ccc(-c3ccc(Cl)cc3)o2)C1=O. The van der Waals surface area contributed by atoms with Gasteiger partial charge in [0.1, 0.15) is 17.6 Å². The molecule has 2 aromatic rings. The van der Waals surface area contributed by atoms with E-state index in [9.17, 15) is 19.5 Å². The Kier molecular flexibility index (Phi) is 6.10. The topological polar surface area (TPSA) is 91.1 Å². The number of hydrogen-bond acceptors (Lipinski definition) is 5. The van der Waals surface area contributed by atoms with Gasteiger partial charge in [-0.1, -0.05) is 25.4 Å². The second kappa shape index (κ2) is 8.39. The molecule has 1 aliphatic rings. The van der Waals surface area contributed by atoms with Crippen molar-refractivity contribution in [3.63, 3.8) is 0 Å². The van der Waals surface area contributed by atoms with Gasteiger partial charge in [0.05, 0.1) is 19.0 Å². The largest absolute Gasteiger partial charge is 0.480 e. The summed E-state index contributed by atoms with van der Waals surface area (Å²) in [5.74, 6) is -1.20. The van der Waals surface area contributed by atoms with E-state index in [4.69, 9.17) is 16.0 Å². The summed E-state index contributed by atoms with van der Waals surface area (Å²) in [7, 11) is 1.72. The highest BCUT2D eigenvalue weighted by Crippen LogP contribution is 2.27. The first-order valence-electron chi connectivity index (χ1n) is 9.32. The molecule has 8 heteroatoms. The monoisotopic (exact) mass is 418 g/mol. The number of rotatable bonds is 7. The number of carboxylic acid groups (broad SMARTS) is 1. The molecule has 1 aromatic carbocycles. The molecule has 154 valence electrons. The molecule has 0 spiro atoms. The van der Waals surface area contributed by atoms with E-state index < -0.39 is 29.9 Å². The summed E-state index contributed by atoms with van der Waals surface area (Å²) < 4.78 is 5.86. The van der Waals surface area contributed by atoms with Crippen LogP contribution in [0, 0.1) is 5.92 Å². The summed E-state index contributed by atoms with van der Waals surface area (Å²) in [6, 6.07) is 9.02. The summed E-state index contributed by atoms with van der Waals surface area (Å²) in [5.41, 5.74) is 0.878. The lowest BCUT2D eigenvalue weighted by Gasteiger charge is -2.27. The van der Waals surface area contributed by atoms with E-state index in [-0.39, 0.29) is 12.3 Å². The Bertz CT molecular complexity index is 921. The number of benzene rings is 1. The minimum atomic E-state index is -1.18. The van der Waals surface area contributed by atoms with Crippen LogP contribution in [0.2, 0.25) is 5.02 Å². The van der Waals surface area contributed by atoms with Crippen molar-refractivity contribution in [3.05, 3.63) is 47.2 Å². The molecule has 0 radical (unpaired) electrons. The van der Waals surface area contributed by atoms with Crippen molar-refractivity contribution in [1.82, 2.24) is 9.80 Å². The average Bonchev–Trinajstić information content (AvgIpc) is 3.21. The fourth-order valence-electron chi connectivity index (χ4n) is 3.55. The number of amides is 2. The summed E-state index contributed by atoms with van der Waals surface area (Å²) in [5, 5.41) is 10.1. The number of likely N-dealkylation sites (tertiary alicyclic amines) is 1. The molecule has 2 heterocycles. The molecular formula is C21H23ClN2O5. The van der Waals surface area contributed by atoms with Gasteiger partial charge in [-0.25, -0.2) is 4.79 Å². The minimum Gasteiger partial charge on any atom is -0.480 e. The predicted octanol–water partition coefficient (Wildman–Crippen LogP) is 3.27. The minimum absolute atomic E-state index is 0.0451. The third kappa shape index (κ3) is 4.36. The van der Waals surface area contributed by atoms with Gasteiger partial charge in [-0.15, -0.1) is 0 Å². The van der Waals surface area contributed by atoms with Gasteiger partial charge in [-0.05, 0) is 49.4 Å². The Morgan fingerprint density at radius 3 is 2.48 bits per heavy atom. The molecule has 3 rings (SSSR count). The Morgan fingerprint density at radius 2 is 1.90 bits per heavy atom. The smallest absolute Gasteiger partial charge is 0.327 e. The fraction of sp³-hybridized carbons (Fsp3) is 0.381. The number of carbonyl (C=O) groups is 3. The van der Waals surface area contributed by atoms with Gasteiger partial charge in [0, 0.05) is 10.6 Å². The molecule has 1 fully saturated rings. The Balaban J connectivity index is 1.72. The predicted molar refractivity (Wildman–Crippen MR) is 107 cm³/mol. The molecular weight excluding hydrogens is 396 g/mol. The lowest BCUT2D eigenvalue weighted by atomic mass is 10.0. The maximum Gasteiger partial charge on any atom is 0.327 e. The van der Waals surface area contributed by atoms with Crippen molar-refractivity contribution in [3.8, 4) is 11.3 Å². The third-order valence-electron chi connectivity index (χ3n) is 5.05. The molecule has 0 aliphatic carbocycles. The highest BCUT2D eigenvalue weighted by atomic mass is 35.5. The van der Waals surface area contributed by atoms with E-state index in [0.717, 1.165) is 10.5 Å². The van der Waals surface area contributed by atoms with Crippen molar-refractivity contribution in [2.24, 2.45) is 5.92 Å². The van der Waals surface area contributed by atoms with Gasteiger partial charge in [0.25, 0.3) is 0 Å². The molecule has 1 aromatic heterocycles. The Morgan fingerprint density at radius 1 is 1.24 bits per heavy atom. The number of carbonyl (C=O) groups excluding carboxylic acids is 2. The number of furan rings is 1. The zero-order valence-corrected chi connectivity index (χ0v) is 17.2. The lowest BCUT2D eigenvalue weighted by Crippen LogP contribution is -2.50. The van der Waals surface area contributed by atoms with Crippen LogP contribution in [0.3, 0.4) is 0 Å². The highest BCUT2D eigenvalue weighted by Gasteiger charge is 2.47. The molecule has 2 amide bonds. The first-order chi connectivity index (χ1) is 13.7. The number of nitrogens with zero attached hydrogens (tertiary/aromatic N) is 2. The molecule has 2 unspecified atom stereocenters. The van der Waals surface area contributed by atoms with E-state index in [1.807, 2.05) is 24.3 Å². The number of halogens is 1. The van der Waals surface area contributed by atoms with Crippen molar-refractivity contribution in [2.45, 2.75) is 38.9 Å². The molecule has 29 heavy (non-hydrogen) atoms. The summed E-state index contributed by atoms with van der Waals surface area (Å²) in [6.07, 6.45) is -0.0451. The third-order valence-corrected chi connectivity index (χ3v) is 5.30. The summed E-state index contributed by atoms with van der Waals surface area (Å²) in [4.78, 5) is 39.4. The van der Waals surface area contributed by atoms with E-state index in [1.165, 1.54) is 0 Å². The van der Waals surface area contributed by atoms with Gasteiger partial charge < -0.3 is 9.52 Å². The number of aliphatic carboxylic acids is 1. The van der Waals surface area contributed by atoms with Crippen molar-refractivity contribution in [2.75, 3.05) is 7.05 Å². The maximum absolute atomic E-state index is 12.8. The second-order valence-electron chi connectivity index (χ2n) is 7.54. The summed E-state index contributed by atoms with van der Waals surface area (Å²) in [6.45, 7) is 3.67. The van der Waals surface area contributed by atoms with Crippen LogP contribution < -0.4 is 0 Å². The van der Waals surface area contributed by atoms with Gasteiger partial charge in [0.15, 0.2) is 0 Å². The van der Waals surface area contributed by atoms with E-state index in [0.29, 0.717) is 23.1 Å². The molecule has 0 saturated carbocycles. The van der Waals surface area contributed by atoms with Crippen LogP contribution in [-0.4, -0.2) is 51.8 Å².